The summed E-state index contributed by atoms with van der Waals surface area (Å²) in [4.78, 5) is 4.12. The van der Waals surface area contributed by atoms with Crippen molar-refractivity contribution in [3.63, 3.8) is 0 Å². The molecule has 5 heteroatoms. The van der Waals surface area contributed by atoms with Crippen molar-refractivity contribution in [1.29, 1.82) is 0 Å². The first-order valence-electron chi connectivity index (χ1n) is 5.36. The topological polar surface area (TPSA) is 57.4 Å². The average molecular weight is 309 g/mol. The maximum absolute atomic E-state index is 5.68. The van der Waals surface area contributed by atoms with E-state index >= 15 is 0 Å². The molecule has 0 amide bonds. The number of nitrogens with zero attached hydrogens (tertiary/aromatic N) is 1. The van der Waals surface area contributed by atoms with Gasteiger partial charge in [0.1, 0.15) is 5.75 Å². The molecule has 2 N–H and O–H groups in total. The van der Waals surface area contributed by atoms with Gasteiger partial charge in [-0.1, -0.05) is 12.1 Å². The highest BCUT2D eigenvalue weighted by Gasteiger charge is 2.05. The van der Waals surface area contributed by atoms with Crippen LogP contribution in [0.3, 0.4) is 0 Å². The van der Waals surface area contributed by atoms with Crippen LogP contribution in [0, 0.1) is 0 Å². The van der Waals surface area contributed by atoms with Crippen molar-refractivity contribution in [3.05, 3.63) is 46.6 Å². The van der Waals surface area contributed by atoms with Gasteiger partial charge in [0.2, 0.25) is 5.88 Å². The van der Waals surface area contributed by atoms with Gasteiger partial charge in [-0.25, -0.2) is 4.98 Å². The van der Waals surface area contributed by atoms with Crippen LogP contribution in [0.2, 0.25) is 0 Å². The summed E-state index contributed by atoms with van der Waals surface area (Å²) in [5.74, 6) is 1.20. The minimum Gasteiger partial charge on any atom is -0.438 e. The van der Waals surface area contributed by atoms with Crippen LogP contribution < -0.4 is 10.5 Å². The molecule has 0 spiro atoms. The molecule has 0 saturated carbocycles. The highest BCUT2D eigenvalue weighted by molar-refractivity contribution is 9.10. The average Bonchev–Trinajstić information content (AvgIpc) is 2.34. The Morgan fingerprint density at radius 2 is 2.17 bits per heavy atom. The van der Waals surface area contributed by atoms with Gasteiger partial charge in [-0.3, -0.25) is 0 Å². The summed E-state index contributed by atoms with van der Waals surface area (Å²) in [6, 6.07) is 9.41. The van der Waals surface area contributed by atoms with Crippen LogP contribution in [0.4, 0.5) is 5.69 Å². The monoisotopic (exact) mass is 308 g/mol. The number of anilines is 1. The van der Waals surface area contributed by atoms with Crippen LogP contribution in [-0.4, -0.2) is 12.1 Å². The normalized spacial score (nSPS) is 10.3. The van der Waals surface area contributed by atoms with Crippen molar-refractivity contribution in [3.8, 4) is 11.6 Å². The van der Waals surface area contributed by atoms with Gasteiger partial charge in [0.25, 0.3) is 0 Å². The maximum atomic E-state index is 5.68. The number of nitrogens with two attached hydrogens (primary N) is 1. The molecule has 0 atom stereocenters. The number of halogens is 1. The molecule has 4 nitrogen and oxygen atoms in total. The lowest BCUT2D eigenvalue weighted by Crippen LogP contribution is -1.93. The third kappa shape index (κ3) is 3.21. The zero-order valence-electron chi connectivity index (χ0n) is 9.89. The molecule has 0 aliphatic rings. The Labute approximate surface area is 114 Å². The van der Waals surface area contributed by atoms with Crippen LogP contribution in [0.25, 0.3) is 0 Å². The predicted molar refractivity (Wildman–Crippen MR) is 73.6 cm³/mol. The second-order valence-electron chi connectivity index (χ2n) is 3.74. The quantitative estimate of drug-likeness (QED) is 0.941. The molecule has 1 heterocycles. The van der Waals surface area contributed by atoms with Crippen LogP contribution >= 0.6 is 15.9 Å². The number of hydrogen-bond acceptors (Lipinski definition) is 4. The molecule has 0 radical (unpaired) electrons. The summed E-state index contributed by atoms with van der Waals surface area (Å²) >= 11 is 3.36. The van der Waals surface area contributed by atoms with Crippen molar-refractivity contribution < 1.29 is 9.47 Å². The van der Waals surface area contributed by atoms with E-state index in [1.54, 1.807) is 19.4 Å². The van der Waals surface area contributed by atoms with E-state index in [0.29, 0.717) is 23.9 Å². The van der Waals surface area contributed by atoms with Gasteiger partial charge in [-0.2, -0.15) is 0 Å². The van der Waals surface area contributed by atoms with Crippen LogP contribution in [0.15, 0.2) is 41.0 Å². The largest absolute Gasteiger partial charge is 0.438 e. The van der Waals surface area contributed by atoms with Crippen LogP contribution in [0.1, 0.15) is 5.56 Å². The number of rotatable bonds is 4. The first-order valence-corrected chi connectivity index (χ1v) is 6.15. The Morgan fingerprint density at radius 1 is 1.33 bits per heavy atom. The zero-order chi connectivity index (χ0) is 13.0. The lowest BCUT2D eigenvalue weighted by atomic mass is 10.2. The van der Waals surface area contributed by atoms with Crippen molar-refractivity contribution in [2.45, 2.75) is 6.61 Å². The first-order chi connectivity index (χ1) is 8.69. The number of hydrogen-bond donors (Lipinski definition) is 1. The highest BCUT2D eigenvalue weighted by atomic mass is 79.9. The molecule has 18 heavy (non-hydrogen) atoms. The number of methoxy groups -OCH3 is 1. The number of pyridine rings is 1. The number of ether oxygens (including phenoxy) is 2. The van der Waals surface area contributed by atoms with Gasteiger partial charge in [0, 0.05) is 7.11 Å². The molecule has 0 aliphatic heterocycles. The number of benzene rings is 1. The minimum absolute atomic E-state index is 0.485. The Balaban J connectivity index is 2.20. The second-order valence-corrected chi connectivity index (χ2v) is 4.59. The molecular formula is C13H13BrN2O2. The molecular weight excluding hydrogens is 296 g/mol. The molecule has 0 unspecified atom stereocenters. The zero-order valence-corrected chi connectivity index (χ0v) is 11.5. The smallest absolute Gasteiger partial charge is 0.233 e. The van der Waals surface area contributed by atoms with Crippen LogP contribution in [0.5, 0.6) is 11.6 Å². The van der Waals surface area contributed by atoms with Crippen molar-refractivity contribution in [1.82, 2.24) is 4.98 Å². The predicted octanol–water partition coefficient (Wildman–Crippen LogP) is 3.37. The molecule has 1 aromatic heterocycles. The van der Waals surface area contributed by atoms with Gasteiger partial charge >= 0.3 is 0 Å². The molecule has 0 aliphatic carbocycles. The lowest BCUT2D eigenvalue weighted by molar-refractivity contribution is 0.184. The molecule has 94 valence electrons. The third-order valence-electron chi connectivity index (χ3n) is 2.25. The van der Waals surface area contributed by atoms with E-state index in [4.69, 9.17) is 15.2 Å². The summed E-state index contributed by atoms with van der Waals surface area (Å²) in [6.45, 7) is 0.549. The fourth-order valence-corrected chi connectivity index (χ4v) is 1.94. The second kappa shape index (κ2) is 5.84. The maximum Gasteiger partial charge on any atom is 0.233 e. The SMILES string of the molecule is COCc1cccc(Oc2ncc(N)cc2Br)c1. The fourth-order valence-electron chi connectivity index (χ4n) is 1.49. The van der Waals surface area contributed by atoms with E-state index in [1.165, 1.54) is 0 Å². The summed E-state index contributed by atoms with van der Waals surface area (Å²) < 4.78 is 11.5. The Hall–Kier alpha value is -1.59. The first kappa shape index (κ1) is 12.9. The van der Waals surface area contributed by atoms with Gasteiger partial charge in [-0.05, 0) is 39.7 Å². The summed E-state index contributed by atoms with van der Waals surface area (Å²) in [6.07, 6.45) is 1.55. The molecule has 0 saturated heterocycles. The van der Waals surface area contributed by atoms with E-state index in [0.717, 1.165) is 10.0 Å². The van der Waals surface area contributed by atoms with Crippen molar-refractivity contribution in [2.75, 3.05) is 12.8 Å². The number of nitrogen functional groups attached to an aromatic ring is 1. The van der Waals surface area contributed by atoms with Gasteiger partial charge in [0.05, 0.1) is 23.0 Å². The Kier molecular flexibility index (Phi) is 4.17. The van der Waals surface area contributed by atoms with E-state index in [9.17, 15) is 0 Å². The summed E-state index contributed by atoms with van der Waals surface area (Å²) in [7, 11) is 1.66. The van der Waals surface area contributed by atoms with Crippen molar-refractivity contribution >= 4 is 21.6 Å². The minimum atomic E-state index is 0.485. The fraction of sp³-hybridized carbons (Fsp3) is 0.154. The van der Waals surface area contributed by atoms with E-state index in [1.807, 2.05) is 24.3 Å². The molecule has 2 aromatic rings. The molecule has 1 aromatic carbocycles. The summed E-state index contributed by atoms with van der Waals surface area (Å²) in [5.41, 5.74) is 7.25. The van der Waals surface area contributed by atoms with E-state index in [-0.39, 0.29) is 0 Å². The van der Waals surface area contributed by atoms with Crippen LogP contribution in [-0.2, 0) is 11.3 Å². The molecule has 0 bridgehead atoms. The standard InChI is InChI=1S/C13H13BrN2O2/c1-17-8-9-3-2-4-11(5-9)18-13-12(14)6-10(15)7-16-13/h2-7H,8,15H2,1H3. The Morgan fingerprint density at radius 3 is 2.89 bits per heavy atom. The molecule has 2 rings (SSSR count). The Bertz CT molecular complexity index is 546. The van der Waals surface area contributed by atoms with Gasteiger partial charge in [0.15, 0.2) is 0 Å². The van der Waals surface area contributed by atoms with E-state index < -0.39 is 0 Å². The number of aromatic nitrogens is 1. The van der Waals surface area contributed by atoms with E-state index in [2.05, 4.69) is 20.9 Å². The summed E-state index contributed by atoms with van der Waals surface area (Å²) in [5, 5.41) is 0. The molecule has 0 fully saturated rings. The third-order valence-corrected chi connectivity index (χ3v) is 2.82. The highest BCUT2D eigenvalue weighted by Crippen LogP contribution is 2.29. The van der Waals surface area contributed by atoms with Gasteiger partial charge in [-0.15, -0.1) is 0 Å². The van der Waals surface area contributed by atoms with Gasteiger partial charge < -0.3 is 15.2 Å². The van der Waals surface area contributed by atoms with Crippen molar-refractivity contribution in [2.24, 2.45) is 0 Å². The lowest BCUT2D eigenvalue weighted by Gasteiger charge is -2.08.